The number of aromatic hydroxyl groups is 1. The number of hydrogen-bond acceptors (Lipinski definition) is 4. The van der Waals surface area contributed by atoms with Crippen LogP contribution in [-0.4, -0.2) is 46.4 Å². The second-order valence-corrected chi connectivity index (χ2v) is 7.24. The first-order valence-electron chi connectivity index (χ1n) is 9.65. The zero-order valence-electron chi connectivity index (χ0n) is 16.1. The van der Waals surface area contributed by atoms with Crippen LogP contribution < -0.4 is 11.1 Å². The van der Waals surface area contributed by atoms with Crippen LogP contribution in [0.1, 0.15) is 24.0 Å². The van der Waals surface area contributed by atoms with Crippen molar-refractivity contribution in [2.45, 2.75) is 37.8 Å². The third-order valence-electron chi connectivity index (χ3n) is 5.11. The lowest BCUT2D eigenvalue weighted by Gasteiger charge is -2.26. The van der Waals surface area contributed by atoms with Crippen molar-refractivity contribution >= 4 is 17.7 Å². The fourth-order valence-electron chi connectivity index (χ4n) is 3.57. The van der Waals surface area contributed by atoms with Gasteiger partial charge in [0.05, 0.1) is 6.42 Å². The number of primary amides is 1. The summed E-state index contributed by atoms with van der Waals surface area (Å²) < 4.78 is 0. The summed E-state index contributed by atoms with van der Waals surface area (Å²) in [6, 6.07) is 14.3. The standard InChI is InChI=1S/C22H25N3O4/c23-21(28)18(13-16-8-10-17(26)11-9-16)24-22(29)19-7-4-12-25(19)20(27)14-15-5-2-1-3-6-15/h1-3,5-6,8-11,18-19,26H,4,7,12-14H2,(H2,23,28)(H,24,29)/t18-,19+/m1/s1. The summed E-state index contributed by atoms with van der Waals surface area (Å²) in [6.45, 7) is 0.517. The highest BCUT2D eigenvalue weighted by atomic mass is 16.3. The Hall–Kier alpha value is -3.35. The highest BCUT2D eigenvalue weighted by Gasteiger charge is 2.35. The Morgan fingerprint density at radius 2 is 1.76 bits per heavy atom. The second kappa shape index (κ2) is 9.23. The minimum atomic E-state index is -0.890. The summed E-state index contributed by atoms with van der Waals surface area (Å²) in [5, 5.41) is 12.1. The minimum Gasteiger partial charge on any atom is -0.508 e. The quantitative estimate of drug-likeness (QED) is 0.652. The molecule has 0 unspecified atom stereocenters. The van der Waals surface area contributed by atoms with Gasteiger partial charge in [0.25, 0.3) is 0 Å². The Bertz CT molecular complexity index is 867. The molecule has 2 aromatic carbocycles. The van der Waals surface area contributed by atoms with Crippen molar-refractivity contribution in [2.24, 2.45) is 5.73 Å². The molecule has 7 nitrogen and oxygen atoms in total. The molecule has 2 atom stereocenters. The summed E-state index contributed by atoms with van der Waals surface area (Å²) >= 11 is 0. The molecule has 0 aliphatic carbocycles. The molecular weight excluding hydrogens is 370 g/mol. The minimum absolute atomic E-state index is 0.108. The largest absolute Gasteiger partial charge is 0.508 e. The number of phenolic OH excluding ortho intramolecular Hbond substituents is 1. The van der Waals surface area contributed by atoms with Gasteiger partial charge in [-0.3, -0.25) is 14.4 Å². The number of nitrogens with one attached hydrogen (secondary N) is 1. The third-order valence-corrected chi connectivity index (χ3v) is 5.11. The Morgan fingerprint density at radius 3 is 2.41 bits per heavy atom. The smallest absolute Gasteiger partial charge is 0.243 e. The van der Waals surface area contributed by atoms with Crippen LogP contribution >= 0.6 is 0 Å². The number of hydrogen-bond donors (Lipinski definition) is 3. The molecule has 29 heavy (non-hydrogen) atoms. The second-order valence-electron chi connectivity index (χ2n) is 7.24. The van der Waals surface area contributed by atoms with Crippen LogP contribution in [0.15, 0.2) is 54.6 Å². The maximum absolute atomic E-state index is 12.8. The molecule has 1 aliphatic rings. The van der Waals surface area contributed by atoms with Crippen LogP contribution in [0.2, 0.25) is 0 Å². The zero-order valence-corrected chi connectivity index (χ0v) is 16.1. The molecule has 4 N–H and O–H groups in total. The Labute approximate surface area is 169 Å². The zero-order chi connectivity index (χ0) is 20.8. The van der Waals surface area contributed by atoms with E-state index in [0.717, 1.165) is 17.5 Å². The van der Waals surface area contributed by atoms with Crippen molar-refractivity contribution in [3.8, 4) is 5.75 Å². The molecule has 0 spiro atoms. The van der Waals surface area contributed by atoms with E-state index in [4.69, 9.17) is 5.73 Å². The average molecular weight is 395 g/mol. The number of amides is 3. The summed E-state index contributed by atoms with van der Waals surface area (Å²) in [4.78, 5) is 39.0. The number of carbonyl (C=O) groups is 3. The molecule has 3 amide bonds. The van der Waals surface area contributed by atoms with Gasteiger partial charge in [-0.15, -0.1) is 0 Å². The van der Waals surface area contributed by atoms with Gasteiger partial charge in [-0.1, -0.05) is 42.5 Å². The van der Waals surface area contributed by atoms with Crippen molar-refractivity contribution in [3.05, 3.63) is 65.7 Å². The first-order chi connectivity index (χ1) is 13.9. The highest BCUT2D eigenvalue weighted by molar-refractivity contribution is 5.92. The maximum Gasteiger partial charge on any atom is 0.243 e. The average Bonchev–Trinajstić information content (AvgIpc) is 3.20. The molecular formula is C22H25N3O4. The van der Waals surface area contributed by atoms with Gasteiger partial charge < -0.3 is 21.1 Å². The highest BCUT2D eigenvalue weighted by Crippen LogP contribution is 2.19. The van der Waals surface area contributed by atoms with Crippen LogP contribution in [0.3, 0.4) is 0 Å². The number of benzene rings is 2. The third kappa shape index (κ3) is 5.34. The number of phenols is 1. The van der Waals surface area contributed by atoms with E-state index in [1.807, 2.05) is 30.3 Å². The van der Waals surface area contributed by atoms with Gasteiger partial charge in [-0.2, -0.15) is 0 Å². The van der Waals surface area contributed by atoms with Crippen molar-refractivity contribution in [3.63, 3.8) is 0 Å². The van der Waals surface area contributed by atoms with Gasteiger partial charge >= 0.3 is 0 Å². The molecule has 0 aromatic heterocycles. The first kappa shape index (κ1) is 20.4. The predicted octanol–water partition coefficient (Wildman–Crippen LogP) is 1.14. The molecule has 1 saturated heterocycles. The van der Waals surface area contributed by atoms with E-state index in [-0.39, 0.29) is 30.4 Å². The van der Waals surface area contributed by atoms with E-state index in [1.54, 1.807) is 17.0 Å². The SMILES string of the molecule is NC(=O)[C@@H](Cc1ccc(O)cc1)NC(=O)[C@@H]1CCCN1C(=O)Cc1ccccc1. The Balaban J connectivity index is 1.64. The molecule has 3 rings (SSSR count). The number of carbonyl (C=O) groups excluding carboxylic acids is 3. The molecule has 2 aromatic rings. The van der Waals surface area contributed by atoms with Crippen LogP contribution in [0.4, 0.5) is 0 Å². The van der Waals surface area contributed by atoms with Crippen LogP contribution in [0.25, 0.3) is 0 Å². The van der Waals surface area contributed by atoms with Gasteiger partial charge in [-0.25, -0.2) is 0 Å². The molecule has 7 heteroatoms. The normalized spacial score (nSPS) is 17.0. The summed E-state index contributed by atoms with van der Waals surface area (Å²) in [5.41, 5.74) is 7.13. The maximum atomic E-state index is 12.8. The Kier molecular flexibility index (Phi) is 6.49. The van der Waals surface area contributed by atoms with Crippen LogP contribution in [0, 0.1) is 0 Å². The number of nitrogens with two attached hydrogens (primary N) is 1. The predicted molar refractivity (Wildman–Crippen MR) is 108 cm³/mol. The van der Waals surface area contributed by atoms with Crippen molar-refractivity contribution < 1.29 is 19.5 Å². The summed E-state index contributed by atoms with van der Waals surface area (Å²) in [7, 11) is 0. The molecule has 0 radical (unpaired) electrons. The lowest BCUT2D eigenvalue weighted by Crippen LogP contribution is -2.53. The lowest BCUT2D eigenvalue weighted by molar-refractivity contribution is -0.138. The van der Waals surface area contributed by atoms with Gasteiger partial charge in [0, 0.05) is 13.0 Å². The molecule has 1 heterocycles. The number of rotatable bonds is 7. The molecule has 0 bridgehead atoms. The van der Waals surface area contributed by atoms with E-state index in [2.05, 4.69) is 5.32 Å². The fraction of sp³-hybridized carbons (Fsp3) is 0.318. The lowest BCUT2D eigenvalue weighted by atomic mass is 10.0. The summed E-state index contributed by atoms with van der Waals surface area (Å²) in [5.74, 6) is -1.01. The van der Waals surface area contributed by atoms with Crippen molar-refractivity contribution in [1.29, 1.82) is 0 Å². The molecule has 1 fully saturated rings. The van der Waals surface area contributed by atoms with E-state index >= 15 is 0 Å². The van der Waals surface area contributed by atoms with E-state index < -0.39 is 18.0 Å². The monoisotopic (exact) mass is 395 g/mol. The molecule has 152 valence electrons. The van der Waals surface area contributed by atoms with Crippen molar-refractivity contribution in [1.82, 2.24) is 10.2 Å². The van der Waals surface area contributed by atoms with E-state index in [1.165, 1.54) is 12.1 Å². The van der Waals surface area contributed by atoms with E-state index in [9.17, 15) is 19.5 Å². The Morgan fingerprint density at radius 1 is 1.07 bits per heavy atom. The van der Waals surface area contributed by atoms with Crippen LogP contribution in [0.5, 0.6) is 5.75 Å². The van der Waals surface area contributed by atoms with Crippen LogP contribution in [-0.2, 0) is 27.2 Å². The van der Waals surface area contributed by atoms with Gasteiger partial charge in [0.1, 0.15) is 17.8 Å². The first-order valence-corrected chi connectivity index (χ1v) is 9.65. The summed E-state index contributed by atoms with van der Waals surface area (Å²) in [6.07, 6.45) is 1.73. The topological polar surface area (TPSA) is 113 Å². The van der Waals surface area contributed by atoms with Gasteiger partial charge in [0.2, 0.25) is 17.7 Å². The number of nitrogens with zero attached hydrogens (tertiary/aromatic N) is 1. The van der Waals surface area contributed by atoms with Gasteiger partial charge in [-0.05, 0) is 36.1 Å². The van der Waals surface area contributed by atoms with Crippen molar-refractivity contribution in [2.75, 3.05) is 6.54 Å². The molecule has 0 saturated carbocycles. The molecule has 1 aliphatic heterocycles. The number of likely N-dealkylation sites (tertiary alicyclic amines) is 1. The van der Waals surface area contributed by atoms with Gasteiger partial charge in [0.15, 0.2) is 0 Å². The van der Waals surface area contributed by atoms with E-state index in [0.29, 0.717) is 13.0 Å². The fourth-order valence-corrected chi connectivity index (χ4v) is 3.57.